The molecule has 1 aliphatic heterocycles. The van der Waals surface area contributed by atoms with Crippen LogP contribution in [0.3, 0.4) is 0 Å². The number of rotatable bonds is 2. The molecule has 1 unspecified atom stereocenters. The van der Waals surface area contributed by atoms with Crippen molar-refractivity contribution in [3.8, 4) is 11.5 Å². The minimum Gasteiger partial charge on any atom is -0.457 e. The molecule has 2 aromatic rings. The van der Waals surface area contributed by atoms with Crippen LogP contribution in [-0.2, 0) is 11.8 Å². The highest BCUT2D eigenvalue weighted by atomic mass is 16.5. The fourth-order valence-corrected chi connectivity index (χ4v) is 5.86. The minimum atomic E-state index is 0.402. The molecule has 3 aliphatic rings. The van der Waals surface area contributed by atoms with Gasteiger partial charge in [-0.25, -0.2) is 0 Å². The van der Waals surface area contributed by atoms with Gasteiger partial charge >= 0.3 is 0 Å². The molecule has 2 aliphatic carbocycles. The maximum atomic E-state index is 6.17. The molecule has 3 atom stereocenters. The van der Waals surface area contributed by atoms with Crippen molar-refractivity contribution >= 4 is 0 Å². The average Bonchev–Trinajstić information content (AvgIpc) is 2.66. The zero-order valence-corrected chi connectivity index (χ0v) is 15.1. The summed E-state index contributed by atoms with van der Waals surface area (Å²) in [6, 6.07) is 17.8. The van der Waals surface area contributed by atoms with Gasteiger partial charge in [-0.1, -0.05) is 37.1 Å². The number of piperidine rings is 1. The van der Waals surface area contributed by atoms with Crippen LogP contribution < -0.4 is 4.74 Å². The van der Waals surface area contributed by atoms with E-state index in [1.807, 2.05) is 30.3 Å². The second-order valence-electron chi connectivity index (χ2n) is 8.24. The van der Waals surface area contributed by atoms with Crippen molar-refractivity contribution in [2.45, 2.75) is 50.0 Å². The van der Waals surface area contributed by atoms with Crippen molar-refractivity contribution in [1.82, 2.24) is 4.90 Å². The van der Waals surface area contributed by atoms with E-state index >= 15 is 0 Å². The Morgan fingerprint density at radius 3 is 2.76 bits per heavy atom. The van der Waals surface area contributed by atoms with Crippen LogP contribution in [0, 0.1) is 5.92 Å². The lowest BCUT2D eigenvalue weighted by atomic mass is 9.52. The van der Waals surface area contributed by atoms with Crippen molar-refractivity contribution in [2.75, 3.05) is 13.6 Å². The first-order chi connectivity index (χ1) is 12.3. The Morgan fingerprint density at radius 1 is 1.00 bits per heavy atom. The van der Waals surface area contributed by atoms with Gasteiger partial charge in [-0.2, -0.15) is 0 Å². The molecule has 1 heterocycles. The summed E-state index contributed by atoms with van der Waals surface area (Å²) in [5, 5.41) is 0. The summed E-state index contributed by atoms with van der Waals surface area (Å²) in [6.07, 6.45) is 8.08. The van der Waals surface area contributed by atoms with Crippen molar-refractivity contribution < 1.29 is 4.74 Å². The summed E-state index contributed by atoms with van der Waals surface area (Å²) < 4.78 is 6.17. The molecule has 1 saturated carbocycles. The van der Waals surface area contributed by atoms with E-state index in [0.29, 0.717) is 5.41 Å². The predicted octanol–water partition coefficient (Wildman–Crippen LogP) is 5.17. The summed E-state index contributed by atoms with van der Waals surface area (Å²) in [4.78, 5) is 2.63. The van der Waals surface area contributed by atoms with Gasteiger partial charge in [0.05, 0.1) is 0 Å². The summed E-state index contributed by atoms with van der Waals surface area (Å²) in [7, 11) is 2.33. The van der Waals surface area contributed by atoms with E-state index in [1.165, 1.54) is 45.1 Å². The van der Waals surface area contributed by atoms with E-state index in [1.54, 1.807) is 11.1 Å². The van der Waals surface area contributed by atoms with Crippen LogP contribution in [0.1, 0.15) is 43.2 Å². The van der Waals surface area contributed by atoms with Crippen LogP contribution in [0.15, 0.2) is 48.5 Å². The number of benzene rings is 2. The Kier molecular flexibility index (Phi) is 3.63. The molecule has 2 heteroatoms. The van der Waals surface area contributed by atoms with Crippen LogP contribution in [0.2, 0.25) is 0 Å². The van der Waals surface area contributed by atoms with Crippen molar-refractivity contribution in [1.29, 1.82) is 0 Å². The van der Waals surface area contributed by atoms with Gasteiger partial charge in [-0.05, 0) is 80.6 Å². The number of hydrogen-bond acceptors (Lipinski definition) is 2. The number of likely N-dealkylation sites (N-methyl/N-ethyl adjacent to an activating group) is 1. The van der Waals surface area contributed by atoms with Crippen molar-refractivity contribution in [2.24, 2.45) is 5.92 Å². The number of fused-ring (bicyclic) bond motifs is 1. The lowest BCUT2D eigenvalue weighted by Gasteiger charge is -2.58. The minimum absolute atomic E-state index is 0.402. The number of nitrogens with zero attached hydrogens (tertiary/aromatic N) is 1. The molecular weight excluding hydrogens is 306 g/mol. The molecule has 2 bridgehead atoms. The topological polar surface area (TPSA) is 12.5 Å². The normalized spacial score (nSPS) is 31.1. The first kappa shape index (κ1) is 15.5. The highest BCUT2D eigenvalue weighted by Gasteiger charge is 2.53. The Balaban J connectivity index is 1.56. The molecule has 2 aromatic carbocycles. The zero-order chi connectivity index (χ0) is 16.9. The van der Waals surface area contributed by atoms with E-state index in [0.717, 1.165) is 23.5 Å². The molecule has 130 valence electrons. The standard InChI is InChI=1S/C23H27NO/c1-24-14-13-23-12-6-5-9-20(23)22(24)15-17-10-11-19(16-21(17)23)25-18-7-3-2-4-8-18/h2-4,7-8,10-11,16,20,22H,5-6,9,12-15H2,1H3/t20-,22?,23-/m0/s1. The van der Waals surface area contributed by atoms with E-state index < -0.39 is 0 Å². The van der Waals surface area contributed by atoms with E-state index in [-0.39, 0.29) is 0 Å². The maximum Gasteiger partial charge on any atom is 0.127 e. The molecule has 2 nitrogen and oxygen atoms in total. The fraction of sp³-hybridized carbons (Fsp3) is 0.478. The third-order valence-corrected chi connectivity index (χ3v) is 7.06. The Bertz CT molecular complexity index is 771. The van der Waals surface area contributed by atoms with E-state index in [2.05, 4.69) is 30.1 Å². The van der Waals surface area contributed by atoms with Crippen LogP contribution in [0.4, 0.5) is 0 Å². The van der Waals surface area contributed by atoms with Gasteiger partial charge in [-0.3, -0.25) is 0 Å². The van der Waals surface area contributed by atoms with Crippen LogP contribution >= 0.6 is 0 Å². The Hall–Kier alpha value is -1.80. The Labute approximate surface area is 150 Å². The summed E-state index contributed by atoms with van der Waals surface area (Å²) in [5.74, 6) is 2.76. The SMILES string of the molecule is CN1CC[C@@]23CCCC[C@H]2C1Cc1ccc(Oc2ccccc2)cc13. The largest absolute Gasteiger partial charge is 0.457 e. The van der Waals surface area contributed by atoms with E-state index in [9.17, 15) is 0 Å². The summed E-state index contributed by atoms with van der Waals surface area (Å²) in [5.41, 5.74) is 3.57. The van der Waals surface area contributed by atoms with Gasteiger partial charge in [-0.15, -0.1) is 0 Å². The second-order valence-corrected chi connectivity index (χ2v) is 8.24. The highest BCUT2D eigenvalue weighted by molar-refractivity contribution is 5.46. The molecule has 2 fully saturated rings. The van der Waals surface area contributed by atoms with Crippen LogP contribution in [-0.4, -0.2) is 24.5 Å². The molecular formula is C23H27NO. The number of likely N-dealkylation sites (tertiary alicyclic amines) is 1. The van der Waals surface area contributed by atoms with Gasteiger partial charge in [0, 0.05) is 11.5 Å². The van der Waals surface area contributed by atoms with Gasteiger partial charge in [0.25, 0.3) is 0 Å². The number of ether oxygens (including phenoxy) is 1. The molecule has 5 rings (SSSR count). The first-order valence-corrected chi connectivity index (χ1v) is 9.83. The number of hydrogen-bond donors (Lipinski definition) is 0. The number of para-hydroxylation sites is 1. The maximum absolute atomic E-state index is 6.17. The van der Waals surface area contributed by atoms with Gasteiger partial charge in [0.2, 0.25) is 0 Å². The van der Waals surface area contributed by atoms with Crippen LogP contribution in [0.25, 0.3) is 0 Å². The summed E-state index contributed by atoms with van der Waals surface area (Å²) in [6.45, 7) is 1.24. The fourth-order valence-electron chi connectivity index (χ4n) is 5.86. The average molecular weight is 333 g/mol. The smallest absolute Gasteiger partial charge is 0.127 e. The van der Waals surface area contributed by atoms with Gasteiger partial charge in [0.15, 0.2) is 0 Å². The molecule has 1 saturated heterocycles. The molecule has 0 aromatic heterocycles. The second kappa shape index (κ2) is 5.88. The lowest BCUT2D eigenvalue weighted by molar-refractivity contribution is 0.00276. The van der Waals surface area contributed by atoms with E-state index in [4.69, 9.17) is 4.74 Å². The lowest BCUT2D eigenvalue weighted by Crippen LogP contribution is -2.59. The summed E-state index contributed by atoms with van der Waals surface area (Å²) >= 11 is 0. The van der Waals surface area contributed by atoms with Crippen molar-refractivity contribution in [3.63, 3.8) is 0 Å². The molecule has 0 N–H and O–H groups in total. The zero-order valence-electron chi connectivity index (χ0n) is 15.1. The molecule has 25 heavy (non-hydrogen) atoms. The van der Waals surface area contributed by atoms with Crippen molar-refractivity contribution in [3.05, 3.63) is 59.7 Å². The predicted molar refractivity (Wildman–Crippen MR) is 101 cm³/mol. The first-order valence-electron chi connectivity index (χ1n) is 9.83. The monoisotopic (exact) mass is 333 g/mol. The Morgan fingerprint density at radius 2 is 1.88 bits per heavy atom. The molecule has 0 radical (unpaired) electrons. The van der Waals surface area contributed by atoms with Gasteiger partial charge < -0.3 is 9.64 Å². The van der Waals surface area contributed by atoms with Crippen LogP contribution in [0.5, 0.6) is 11.5 Å². The third-order valence-electron chi connectivity index (χ3n) is 7.06. The quantitative estimate of drug-likeness (QED) is 0.752. The molecule has 0 amide bonds. The van der Waals surface area contributed by atoms with Gasteiger partial charge in [0.1, 0.15) is 11.5 Å². The molecule has 0 spiro atoms. The third kappa shape index (κ3) is 2.42. The highest BCUT2D eigenvalue weighted by Crippen LogP contribution is 2.56.